The smallest absolute Gasteiger partial charge is 0.0459 e. The molecule has 4 heteroatoms. The van der Waals surface area contributed by atoms with Crippen molar-refractivity contribution in [3.05, 3.63) is 28.8 Å². The second kappa shape index (κ2) is 6.55. The summed E-state index contributed by atoms with van der Waals surface area (Å²) in [4.78, 5) is 5.21. The zero-order chi connectivity index (χ0) is 14.8. The van der Waals surface area contributed by atoms with Gasteiger partial charge in [0.1, 0.15) is 0 Å². The highest BCUT2D eigenvalue weighted by atomic mass is 35.5. The van der Waals surface area contributed by atoms with Gasteiger partial charge in [-0.05, 0) is 57.0 Å². The van der Waals surface area contributed by atoms with Crippen LogP contribution in [0.25, 0.3) is 0 Å². The fraction of sp³-hybridized carbons (Fsp3) is 0.647. The SMILES string of the molecule is CC1CN2CCCCC2CN1c1ccc(CCN)c(Cl)c1. The van der Waals surface area contributed by atoms with Crippen molar-refractivity contribution in [3.63, 3.8) is 0 Å². The largest absolute Gasteiger partial charge is 0.366 e. The second-order valence-electron chi connectivity index (χ2n) is 6.46. The Labute approximate surface area is 133 Å². The molecular weight excluding hydrogens is 282 g/mol. The van der Waals surface area contributed by atoms with Crippen molar-refractivity contribution < 1.29 is 0 Å². The molecule has 1 aromatic rings. The van der Waals surface area contributed by atoms with Crippen molar-refractivity contribution >= 4 is 17.3 Å². The molecule has 3 rings (SSSR count). The highest BCUT2D eigenvalue weighted by molar-refractivity contribution is 6.31. The van der Waals surface area contributed by atoms with Crippen LogP contribution in [0, 0.1) is 0 Å². The Morgan fingerprint density at radius 3 is 2.90 bits per heavy atom. The molecule has 0 amide bonds. The highest BCUT2D eigenvalue weighted by Crippen LogP contribution is 2.30. The zero-order valence-corrected chi connectivity index (χ0v) is 13.6. The Bertz CT molecular complexity index is 491. The number of halogens is 1. The van der Waals surface area contributed by atoms with Gasteiger partial charge < -0.3 is 10.6 Å². The molecule has 2 fully saturated rings. The average molecular weight is 308 g/mol. The summed E-state index contributed by atoms with van der Waals surface area (Å²) in [6, 6.07) is 7.76. The minimum Gasteiger partial charge on any atom is -0.366 e. The minimum absolute atomic E-state index is 0.552. The topological polar surface area (TPSA) is 32.5 Å². The summed E-state index contributed by atoms with van der Waals surface area (Å²) in [6.07, 6.45) is 4.93. The first-order valence-electron chi connectivity index (χ1n) is 8.18. The van der Waals surface area contributed by atoms with E-state index in [1.807, 2.05) is 0 Å². The number of piperidine rings is 1. The lowest BCUT2D eigenvalue weighted by Gasteiger charge is -2.48. The summed E-state index contributed by atoms with van der Waals surface area (Å²) >= 11 is 6.42. The Morgan fingerprint density at radius 2 is 2.14 bits per heavy atom. The zero-order valence-electron chi connectivity index (χ0n) is 12.9. The quantitative estimate of drug-likeness (QED) is 0.932. The molecule has 3 nitrogen and oxygen atoms in total. The van der Waals surface area contributed by atoms with E-state index in [1.165, 1.54) is 38.0 Å². The van der Waals surface area contributed by atoms with Crippen molar-refractivity contribution in [2.45, 2.75) is 44.7 Å². The van der Waals surface area contributed by atoms with Gasteiger partial charge in [0.05, 0.1) is 0 Å². The molecule has 2 saturated heterocycles. The van der Waals surface area contributed by atoms with E-state index in [1.54, 1.807) is 0 Å². The van der Waals surface area contributed by atoms with Gasteiger partial charge in [0.2, 0.25) is 0 Å². The van der Waals surface area contributed by atoms with E-state index in [0.717, 1.165) is 29.6 Å². The number of nitrogens with two attached hydrogens (primary N) is 1. The van der Waals surface area contributed by atoms with Crippen LogP contribution >= 0.6 is 11.6 Å². The van der Waals surface area contributed by atoms with E-state index in [2.05, 4.69) is 34.9 Å². The molecule has 0 saturated carbocycles. The second-order valence-corrected chi connectivity index (χ2v) is 6.87. The third kappa shape index (κ3) is 3.20. The first-order chi connectivity index (χ1) is 10.2. The lowest BCUT2D eigenvalue weighted by molar-refractivity contribution is 0.115. The van der Waals surface area contributed by atoms with Crippen LogP contribution in [0.2, 0.25) is 5.02 Å². The Balaban J connectivity index is 1.77. The molecule has 2 atom stereocenters. The molecule has 2 aliphatic heterocycles. The van der Waals surface area contributed by atoms with Crippen molar-refractivity contribution in [2.24, 2.45) is 5.73 Å². The molecule has 0 aliphatic carbocycles. The van der Waals surface area contributed by atoms with E-state index >= 15 is 0 Å². The number of hydrogen-bond acceptors (Lipinski definition) is 3. The Morgan fingerprint density at radius 1 is 1.29 bits per heavy atom. The van der Waals surface area contributed by atoms with Crippen LogP contribution in [0.15, 0.2) is 18.2 Å². The lowest BCUT2D eigenvalue weighted by atomic mass is 9.96. The molecule has 116 valence electrons. The van der Waals surface area contributed by atoms with Crippen molar-refractivity contribution in [2.75, 3.05) is 31.1 Å². The molecule has 2 N–H and O–H groups in total. The van der Waals surface area contributed by atoms with Crippen LogP contribution in [-0.4, -0.2) is 43.2 Å². The van der Waals surface area contributed by atoms with Gasteiger partial charge >= 0.3 is 0 Å². The third-order valence-corrected chi connectivity index (χ3v) is 5.32. The van der Waals surface area contributed by atoms with Crippen molar-refractivity contribution in [3.8, 4) is 0 Å². The summed E-state index contributed by atoms with van der Waals surface area (Å²) in [5, 5.41) is 0.858. The molecular formula is C17H26ClN3. The van der Waals surface area contributed by atoms with Crippen LogP contribution in [0.3, 0.4) is 0 Å². The van der Waals surface area contributed by atoms with E-state index in [4.69, 9.17) is 17.3 Å². The maximum absolute atomic E-state index is 6.42. The predicted molar refractivity (Wildman–Crippen MR) is 90.2 cm³/mol. The molecule has 0 aromatic heterocycles. The monoisotopic (exact) mass is 307 g/mol. The molecule has 0 bridgehead atoms. The predicted octanol–water partition coefficient (Wildman–Crippen LogP) is 2.90. The van der Waals surface area contributed by atoms with Gasteiger partial charge in [-0.1, -0.05) is 24.1 Å². The van der Waals surface area contributed by atoms with Crippen LogP contribution in [-0.2, 0) is 6.42 Å². The summed E-state index contributed by atoms with van der Waals surface area (Å²) in [5.41, 5.74) is 8.05. The first-order valence-corrected chi connectivity index (χ1v) is 8.56. The van der Waals surface area contributed by atoms with E-state index in [-0.39, 0.29) is 0 Å². The van der Waals surface area contributed by atoms with Crippen LogP contribution < -0.4 is 10.6 Å². The van der Waals surface area contributed by atoms with Gasteiger partial charge in [0.25, 0.3) is 0 Å². The van der Waals surface area contributed by atoms with Gasteiger partial charge in [-0.25, -0.2) is 0 Å². The minimum atomic E-state index is 0.552. The van der Waals surface area contributed by atoms with Crippen molar-refractivity contribution in [1.82, 2.24) is 4.90 Å². The van der Waals surface area contributed by atoms with E-state index in [9.17, 15) is 0 Å². The fourth-order valence-electron chi connectivity index (χ4n) is 3.79. The Hall–Kier alpha value is -0.770. The summed E-state index contributed by atoms with van der Waals surface area (Å²) in [5.74, 6) is 0. The van der Waals surface area contributed by atoms with Gasteiger partial charge in [-0.15, -0.1) is 0 Å². The fourth-order valence-corrected chi connectivity index (χ4v) is 4.05. The number of piperazine rings is 1. The molecule has 2 aliphatic rings. The maximum atomic E-state index is 6.42. The molecule has 2 heterocycles. The van der Waals surface area contributed by atoms with Crippen LogP contribution in [0.1, 0.15) is 31.7 Å². The molecule has 1 aromatic carbocycles. The first kappa shape index (κ1) is 15.1. The Kier molecular flexibility index (Phi) is 4.72. The highest BCUT2D eigenvalue weighted by Gasteiger charge is 2.33. The van der Waals surface area contributed by atoms with Gasteiger partial charge in [-0.2, -0.15) is 0 Å². The van der Waals surface area contributed by atoms with E-state index < -0.39 is 0 Å². The lowest BCUT2D eigenvalue weighted by Crippen LogP contribution is -2.58. The standard InChI is InChI=1S/C17H26ClN3/c1-13-11-20-9-3-2-4-16(20)12-21(13)15-6-5-14(7-8-19)17(18)10-15/h5-6,10,13,16H,2-4,7-9,11-12,19H2,1H3. The van der Waals surface area contributed by atoms with Gasteiger partial charge in [0.15, 0.2) is 0 Å². The average Bonchev–Trinajstić information content (AvgIpc) is 2.49. The summed E-state index contributed by atoms with van der Waals surface area (Å²) < 4.78 is 0. The molecule has 0 spiro atoms. The summed E-state index contributed by atoms with van der Waals surface area (Å²) in [6.45, 7) is 6.56. The number of nitrogens with zero attached hydrogens (tertiary/aromatic N) is 2. The number of benzene rings is 1. The molecule has 21 heavy (non-hydrogen) atoms. The number of rotatable bonds is 3. The summed E-state index contributed by atoms with van der Waals surface area (Å²) in [7, 11) is 0. The third-order valence-electron chi connectivity index (χ3n) is 4.97. The number of fused-ring (bicyclic) bond motifs is 1. The number of anilines is 1. The number of hydrogen-bond donors (Lipinski definition) is 1. The van der Waals surface area contributed by atoms with Crippen molar-refractivity contribution in [1.29, 1.82) is 0 Å². The van der Waals surface area contributed by atoms with Crippen LogP contribution in [0.5, 0.6) is 0 Å². The molecule has 0 radical (unpaired) electrons. The normalized spacial score (nSPS) is 26.7. The molecule has 2 unspecified atom stereocenters. The van der Waals surface area contributed by atoms with Crippen LogP contribution in [0.4, 0.5) is 5.69 Å². The van der Waals surface area contributed by atoms with E-state index in [0.29, 0.717) is 12.6 Å². The van der Waals surface area contributed by atoms with Gasteiger partial charge in [-0.3, -0.25) is 4.90 Å². The van der Waals surface area contributed by atoms with Gasteiger partial charge in [0, 0.05) is 35.9 Å². The maximum Gasteiger partial charge on any atom is 0.0459 e.